The Hall–Kier alpha value is -8.22. The smallest absolute Gasteiger partial charge is 0.160 e. The summed E-state index contributed by atoms with van der Waals surface area (Å²) in [6.07, 6.45) is 0. The summed E-state index contributed by atoms with van der Waals surface area (Å²) in [4.78, 5) is 11.0. The van der Waals surface area contributed by atoms with Crippen LogP contribution in [0.1, 0.15) is 11.1 Å². The first-order valence-corrected chi connectivity index (χ1v) is 45.0. The van der Waals surface area contributed by atoms with Crippen molar-refractivity contribution in [1.29, 1.82) is 0 Å². The van der Waals surface area contributed by atoms with E-state index in [0.29, 0.717) is 327 Å². The van der Waals surface area contributed by atoms with Crippen molar-refractivity contribution in [2.75, 3.05) is 331 Å². The fourth-order valence-electron chi connectivity index (χ4n) is 13.6. The third-order valence-corrected chi connectivity index (χ3v) is 19.7. The molecule has 10 rings (SSSR count). The second kappa shape index (κ2) is 66.2. The minimum absolute atomic E-state index is 0.0131. The molecule has 0 aliphatic carbocycles. The molecule has 0 bridgehead atoms. The highest BCUT2D eigenvalue weighted by Gasteiger charge is 2.26. The van der Waals surface area contributed by atoms with Gasteiger partial charge in [-0.1, -0.05) is 78.9 Å². The molecule has 10 aromatic rings. The monoisotopic (exact) mass is 1810 g/mol. The van der Waals surface area contributed by atoms with Gasteiger partial charge in [0.05, 0.1) is 362 Å². The van der Waals surface area contributed by atoms with Gasteiger partial charge in [0, 0.05) is 52.5 Å². The zero-order chi connectivity index (χ0) is 90.2. The van der Waals surface area contributed by atoms with Crippen molar-refractivity contribution in [1.82, 2.24) is 19.1 Å². The van der Waals surface area contributed by atoms with Gasteiger partial charge in [-0.05, 0) is 90.0 Å². The molecular weight excluding hydrogens is 1680 g/mol. The van der Waals surface area contributed by atoms with E-state index in [9.17, 15) is 0 Å². The molecule has 3 heterocycles. The van der Waals surface area contributed by atoms with Crippen molar-refractivity contribution in [3.05, 3.63) is 169 Å². The van der Waals surface area contributed by atoms with Crippen LogP contribution in [0.5, 0.6) is 11.5 Å². The normalized spacial score (nSPS) is 11.8. The van der Waals surface area contributed by atoms with E-state index >= 15 is 0 Å². The van der Waals surface area contributed by atoms with Gasteiger partial charge >= 0.3 is 0 Å². The number of nitrogens with zero attached hydrogens (tertiary/aromatic N) is 4. The molecule has 0 fully saturated rings. The molecule has 7 aromatic carbocycles. The summed E-state index contributed by atoms with van der Waals surface area (Å²) >= 11 is 0. The number of aliphatic hydroxyl groups is 2. The van der Waals surface area contributed by atoms with Crippen molar-refractivity contribution in [2.45, 2.75) is 13.2 Å². The van der Waals surface area contributed by atoms with Crippen molar-refractivity contribution in [3.63, 3.8) is 0 Å². The van der Waals surface area contributed by atoms with Crippen LogP contribution in [0.2, 0.25) is 0 Å². The second-order valence-corrected chi connectivity index (χ2v) is 29.1. The van der Waals surface area contributed by atoms with Gasteiger partial charge in [-0.15, -0.1) is 0 Å². The van der Waals surface area contributed by atoms with E-state index < -0.39 is 0 Å². The summed E-state index contributed by atoms with van der Waals surface area (Å²) in [6, 6.07) is 54.4. The van der Waals surface area contributed by atoms with Gasteiger partial charge in [0.2, 0.25) is 0 Å². The lowest BCUT2D eigenvalue weighted by Gasteiger charge is -2.20. The number of ether oxygens (including phenoxy) is 26. The molecule has 32 nitrogen and oxygen atoms in total. The quantitative estimate of drug-likeness (QED) is 0.0335. The topological polar surface area (TPSA) is 316 Å². The maximum atomic E-state index is 8.87. The Bertz CT molecular complexity index is 4130. The number of aliphatic hydroxyl groups excluding tert-OH is 2. The molecule has 32 heteroatoms. The van der Waals surface area contributed by atoms with Gasteiger partial charge in [0.15, 0.2) is 5.82 Å². The number of rotatable bonds is 81. The molecule has 0 aliphatic heterocycles. The Morgan fingerprint density at radius 2 is 0.492 bits per heavy atom. The number of hydrogen-bond donors (Lipinski definition) is 2. The van der Waals surface area contributed by atoms with Crippen molar-refractivity contribution < 1.29 is 133 Å². The molecule has 0 spiro atoms. The first-order chi connectivity index (χ1) is 64.6. The Kier molecular flexibility index (Phi) is 52.9. The average molecular weight is 1820 g/mol. The highest BCUT2D eigenvalue weighted by molar-refractivity contribution is 6.12. The van der Waals surface area contributed by atoms with Crippen LogP contribution in [0.4, 0.5) is 0 Å². The summed E-state index contributed by atoms with van der Waals surface area (Å²) in [5.41, 5.74) is 11.4. The fraction of sp³-hybridized carbons (Fsp3) is 0.531. The Morgan fingerprint density at radius 3 is 0.800 bits per heavy atom. The van der Waals surface area contributed by atoms with Crippen molar-refractivity contribution >= 4 is 43.6 Å². The van der Waals surface area contributed by atoms with Gasteiger partial charge < -0.3 is 143 Å². The molecule has 0 saturated heterocycles. The standard InChI is InChI=1S/C98H134N4O28/c1-105-28-30-109-36-38-113-44-46-117-52-54-121-60-62-125-68-70-129-83-18-22-93-87(74-83)88-75-84(130-71-69-126-63-61-122-55-53-118-47-45-114-39-37-110-31-29-106-2)19-23-94(88)102(93)96-15-9-14-95(97(96)90-76-89(81-10-5-3-6-11-81)99-98(100-90)82-12-7-4-8-13-82)101-91-20-16-79(77-127-66-64-123-58-56-119-50-48-115-42-40-111-34-32-107-26-24-103)72-85(91)86-73-80(17-21-92(86)101)78-128-67-65-124-59-57-120-51-49-116-43-41-112-35-33-108-27-25-104/h3-23,72-76,103-104H,24-71,77-78H2,1-2H3. The minimum Gasteiger partial charge on any atom is -0.491 e. The molecule has 0 aliphatic rings. The maximum absolute atomic E-state index is 8.87. The summed E-state index contributed by atoms with van der Waals surface area (Å²) in [6.45, 7) is 20.2. The van der Waals surface area contributed by atoms with Crippen LogP contribution in [0.15, 0.2) is 158 Å². The van der Waals surface area contributed by atoms with Crippen LogP contribution in [0.25, 0.3) is 88.9 Å². The largest absolute Gasteiger partial charge is 0.491 e. The molecule has 0 radical (unpaired) electrons. The molecular formula is C98H134N4O28. The van der Waals surface area contributed by atoms with Crippen LogP contribution in [-0.4, -0.2) is 361 Å². The summed E-state index contributed by atoms with van der Waals surface area (Å²) in [5, 5.41) is 21.6. The number of aromatic nitrogens is 4. The second-order valence-electron chi connectivity index (χ2n) is 29.1. The van der Waals surface area contributed by atoms with E-state index in [0.717, 1.165) is 88.5 Å². The van der Waals surface area contributed by atoms with E-state index in [1.54, 1.807) is 14.2 Å². The van der Waals surface area contributed by atoms with Gasteiger partial charge in [-0.3, -0.25) is 0 Å². The number of hydrogen-bond acceptors (Lipinski definition) is 30. The number of fused-ring (bicyclic) bond motifs is 6. The van der Waals surface area contributed by atoms with Gasteiger partial charge in [0.25, 0.3) is 0 Å². The lowest BCUT2D eigenvalue weighted by Crippen LogP contribution is -2.14. The molecule has 0 atom stereocenters. The predicted octanol–water partition coefficient (Wildman–Crippen LogP) is 11.1. The first-order valence-electron chi connectivity index (χ1n) is 45.0. The third-order valence-electron chi connectivity index (χ3n) is 19.7. The van der Waals surface area contributed by atoms with Crippen LogP contribution in [0, 0.1) is 0 Å². The molecule has 0 saturated carbocycles. The minimum atomic E-state index is -0.0131. The zero-order valence-corrected chi connectivity index (χ0v) is 75.7. The Morgan fingerprint density at radius 1 is 0.231 bits per heavy atom. The average Bonchev–Trinajstić information content (AvgIpc) is 1.56. The Labute approximate surface area is 762 Å². The molecule has 3 aromatic heterocycles. The third kappa shape index (κ3) is 38.4. The van der Waals surface area contributed by atoms with E-state index in [1.807, 2.05) is 60.7 Å². The SMILES string of the molecule is COCCOCCOCCOCCOCCOCCOc1ccc2c(c1)c1cc(OCCOCCOCCOCCOCCOCCOC)ccc1n2-c1cccc(-n2c3ccc(COCCOCCOCCOCCOCCOCCO)cc3c3cc(COCCOCCOCCOCCOCCOCCO)ccc32)c1-c1cc(-c2ccccc2)nc(-c2ccccc2)n1. The summed E-state index contributed by atoms with van der Waals surface area (Å²) in [5.74, 6) is 1.87. The molecule has 714 valence electrons. The van der Waals surface area contributed by atoms with Crippen LogP contribution < -0.4 is 9.47 Å². The summed E-state index contributed by atoms with van der Waals surface area (Å²) < 4.78 is 154. The van der Waals surface area contributed by atoms with Gasteiger partial charge in [-0.2, -0.15) is 0 Å². The predicted molar refractivity (Wildman–Crippen MR) is 492 cm³/mol. The Balaban J connectivity index is 0.908. The van der Waals surface area contributed by atoms with Crippen molar-refractivity contribution in [2.24, 2.45) is 0 Å². The van der Waals surface area contributed by atoms with E-state index in [2.05, 4.69) is 106 Å². The van der Waals surface area contributed by atoms with Crippen molar-refractivity contribution in [3.8, 4) is 56.8 Å². The van der Waals surface area contributed by atoms with E-state index in [4.69, 9.17) is 143 Å². The number of benzene rings is 7. The van der Waals surface area contributed by atoms with Crippen LogP contribution in [-0.2, 0) is 127 Å². The van der Waals surface area contributed by atoms with Gasteiger partial charge in [0.1, 0.15) is 24.7 Å². The number of methoxy groups -OCH3 is 2. The fourth-order valence-corrected chi connectivity index (χ4v) is 13.6. The summed E-state index contributed by atoms with van der Waals surface area (Å²) in [7, 11) is 3.29. The molecule has 0 unspecified atom stereocenters. The van der Waals surface area contributed by atoms with Crippen LogP contribution in [0.3, 0.4) is 0 Å². The highest BCUT2D eigenvalue weighted by atomic mass is 16.6. The van der Waals surface area contributed by atoms with E-state index in [1.165, 1.54) is 0 Å². The lowest BCUT2D eigenvalue weighted by atomic mass is 10.0. The van der Waals surface area contributed by atoms with Gasteiger partial charge in [-0.25, -0.2) is 9.97 Å². The maximum Gasteiger partial charge on any atom is 0.160 e. The highest BCUT2D eigenvalue weighted by Crippen LogP contribution is 2.44. The lowest BCUT2D eigenvalue weighted by molar-refractivity contribution is -0.0190. The molecule has 0 amide bonds. The molecule has 130 heavy (non-hydrogen) atoms. The zero-order valence-electron chi connectivity index (χ0n) is 75.7. The van der Waals surface area contributed by atoms with Crippen LogP contribution >= 0.6 is 0 Å². The molecule has 2 N–H and O–H groups in total. The first kappa shape index (κ1) is 104. The van der Waals surface area contributed by atoms with E-state index in [-0.39, 0.29) is 26.4 Å².